The van der Waals surface area contributed by atoms with Crippen LogP contribution in [0.2, 0.25) is 0 Å². The first kappa shape index (κ1) is 26.4. The molecule has 0 aromatic rings. The number of amides is 1. The number of hydrogen-bond acceptors (Lipinski definition) is 10. The van der Waals surface area contributed by atoms with Gasteiger partial charge in [-0.2, -0.15) is 0 Å². The van der Waals surface area contributed by atoms with Crippen molar-refractivity contribution in [3.8, 4) is 0 Å². The average molecular weight is 451 g/mol. The molecule has 7 N–H and O–H groups in total. The molecule has 182 valence electrons. The van der Waals surface area contributed by atoms with E-state index in [2.05, 4.69) is 5.32 Å². The van der Waals surface area contributed by atoms with Gasteiger partial charge in [-0.1, -0.05) is 13.8 Å². The summed E-state index contributed by atoms with van der Waals surface area (Å²) in [5, 5.41) is 43.4. The molecule has 2 aliphatic rings. The molecule has 0 saturated carbocycles. The fourth-order valence-corrected chi connectivity index (χ4v) is 4.47. The third kappa shape index (κ3) is 5.73. The summed E-state index contributed by atoms with van der Waals surface area (Å²) in [6.07, 6.45) is -5.81. The summed E-state index contributed by atoms with van der Waals surface area (Å²) >= 11 is 0. The minimum atomic E-state index is -1.09. The number of carbonyl (C=O) groups excluding carboxylic acids is 1. The number of methoxy groups -OCH3 is 1. The Morgan fingerprint density at radius 2 is 1.68 bits per heavy atom. The first-order chi connectivity index (χ1) is 14.6. The van der Waals surface area contributed by atoms with Gasteiger partial charge >= 0.3 is 0 Å². The van der Waals surface area contributed by atoms with E-state index in [1.165, 1.54) is 14.0 Å². The summed E-state index contributed by atoms with van der Waals surface area (Å²) < 4.78 is 22.8. The van der Waals surface area contributed by atoms with Crippen LogP contribution in [0.1, 0.15) is 27.7 Å². The van der Waals surface area contributed by atoms with Gasteiger partial charge in [0.2, 0.25) is 5.91 Å². The maximum Gasteiger partial charge on any atom is 0.217 e. The van der Waals surface area contributed by atoms with Crippen molar-refractivity contribution in [2.45, 2.75) is 82.9 Å². The largest absolute Gasteiger partial charge is 0.394 e. The first-order valence-corrected chi connectivity index (χ1v) is 10.7. The number of aliphatic hydroxyl groups is 4. The lowest BCUT2D eigenvalue weighted by molar-refractivity contribution is -0.284. The minimum absolute atomic E-state index is 0.284. The van der Waals surface area contributed by atoms with Crippen molar-refractivity contribution >= 4 is 5.91 Å². The summed E-state index contributed by atoms with van der Waals surface area (Å²) in [7, 11) is 1.39. The highest BCUT2D eigenvalue weighted by Gasteiger charge is 2.49. The normalized spacial score (nSPS) is 43.3. The Kier molecular flexibility index (Phi) is 9.61. The van der Waals surface area contributed by atoms with Crippen LogP contribution in [0.5, 0.6) is 0 Å². The van der Waals surface area contributed by atoms with Crippen molar-refractivity contribution in [1.29, 1.82) is 0 Å². The van der Waals surface area contributed by atoms with E-state index in [1.807, 2.05) is 6.92 Å². The predicted octanol–water partition coefficient (Wildman–Crippen LogP) is -2.09. The summed E-state index contributed by atoms with van der Waals surface area (Å²) in [5.41, 5.74) is 6.09. The molecule has 11 heteroatoms. The Bertz CT molecular complexity index is 581. The third-order valence-corrected chi connectivity index (χ3v) is 6.59. The lowest BCUT2D eigenvalue weighted by atomic mass is 9.77. The molecular formula is C20H38N2O9. The molecule has 8 unspecified atom stereocenters. The Labute approximate surface area is 182 Å². The van der Waals surface area contributed by atoms with Gasteiger partial charge in [0.1, 0.15) is 6.04 Å². The SMILES string of the molecule is CO[C@@H]1OC(CO)[C@@H](C(C)C(C)O[C@@H]2OC(CO)[C@@H](C)C(O)C2N)C(O)C1NC(C)=O. The molecule has 2 aliphatic heterocycles. The van der Waals surface area contributed by atoms with E-state index in [9.17, 15) is 25.2 Å². The molecule has 2 saturated heterocycles. The molecule has 2 rings (SSSR count). The molecule has 2 fully saturated rings. The van der Waals surface area contributed by atoms with Crippen LogP contribution in [-0.2, 0) is 23.7 Å². The van der Waals surface area contributed by atoms with Crippen LogP contribution >= 0.6 is 0 Å². The van der Waals surface area contributed by atoms with E-state index in [1.54, 1.807) is 13.8 Å². The molecule has 0 spiro atoms. The van der Waals surface area contributed by atoms with Crippen LogP contribution < -0.4 is 11.1 Å². The van der Waals surface area contributed by atoms with E-state index in [4.69, 9.17) is 24.7 Å². The van der Waals surface area contributed by atoms with Crippen LogP contribution in [0.25, 0.3) is 0 Å². The molecule has 0 aromatic carbocycles. The highest BCUT2D eigenvalue weighted by atomic mass is 16.7. The molecule has 0 aliphatic carbocycles. The molecule has 1 amide bonds. The molecule has 12 atom stereocenters. The number of carbonyl (C=O) groups is 1. The Morgan fingerprint density at radius 1 is 1.10 bits per heavy atom. The standard InChI is InChI=1S/C20H38N2O9/c1-8(10(3)29-19-15(21)17(26)9(2)12(6-23)30-19)14-13(7-24)31-20(28-5)16(18(14)27)22-11(4)25/h8-10,12-20,23-24,26-27H,6-7,21H2,1-5H3,(H,22,25)/t8?,9-,10?,12?,13?,14-,15?,16?,17?,18?,19-,20-/m1/s1. The van der Waals surface area contributed by atoms with Gasteiger partial charge in [-0.25, -0.2) is 0 Å². The lowest BCUT2D eigenvalue weighted by Gasteiger charge is -2.48. The van der Waals surface area contributed by atoms with Crippen molar-refractivity contribution in [3.63, 3.8) is 0 Å². The maximum atomic E-state index is 11.6. The smallest absolute Gasteiger partial charge is 0.217 e. The Morgan fingerprint density at radius 3 is 2.19 bits per heavy atom. The summed E-state index contributed by atoms with van der Waals surface area (Å²) in [6.45, 7) is 5.99. The van der Waals surface area contributed by atoms with Gasteiger partial charge in [-0.15, -0.1) is 0 Å². The van der Waals surface area contributed by atoms with Crippen LogP contribution in [0, 0.1) is 17.8 Å². The molecule has 0 bridgehead atoms. The summed E-state index contributed by atoms with van der Waals surface area (Å²) in [6, 6.07) is -1.65. The average Bonchev–Trinajstić information content (AvgIpc) is 2.74. The van der Waals surface area contributed by atoms with Gasteiger partial charge in [0.15, 0.2) is 12.6 Å². The second-order valence-corrected chi connectivity index (χ2v) is 8.61. The lowest BCUT2D eigenvalue weighted by Crippen LogP contribution is -2.64. The van der Waals surface area contributed by atoms with E-state index in [0.717, 1.165) is 0 Å². The molecule has 0 aromatic heterocycles. The fourth-order valence-electron chi connectivity index (χ4n) is 4.47. The number of nitrogens with one attached hydrogen (secondary N) is 1. The van der Waals surface area contributed by atoms with Gasteiger partial charge in [0.25, 0.3) is 0 Å². The highest BCUT2D eigenvalue weighted by Crippen LogP contribution is 2.35. The number of ether oxygens (including phenoxy) is 4. The van der Waals surface area contributed by atoms with Crippen molar-refractivity contribution in [1.82, 2.24) is 5.32 Å². The topological polar surface area (TPSA) is 173 Å². The second kappa shape index (κ2) is 11.3. The van der Waals surface area contributed by atoms with Crippen molar-refractivity contribution < 1.29 is 44.2 Å². The van der Waals surface area contributed by atoms with Gasteiger partial charge < -0.3 is 50.4 Å². The second-order valence-electron chi connectivity index (χ2n) is 8.61. The summed E-state index contributed by atoms with van der Waals surface area (Å²) in [5.74, 6) is -1.70. The quantitative estimate of drug-likeness (QED) is 0.241. The monoisotopic (exact) mass is 450 g/mol. The first-order valence-electron chi connectivity index (χ1n) is 10.7. The van der Waals surface area contributed by atoms with Crippen LogP contribution in [-0.4, -0.2) is 102 Å². The summed E-state index contributed by atoms with van der Waals surface area (Å²) in [4.78, 5) is 11.6. The van der Waals surface area contributed by atoms with Gasteiger partial charge in [0, 0.05) is 25.9 Å². The van der Waals surface area contributed by atoms with E-state index in [0.29, 0.717) is 0 Å². The number of hydrogen-bond donors (Lipinski definition) is 6. The predicted molar refractivity (Wildman–Crippen MR) is 108 cm³/mol. The molecule has 11 nitrogen and oxygen atoms in total. The zero-order chi connectivity index (χ0) is 23.5. The Hall–Kier alpha value is -0.890. The van der Waals surface area contributed by atoms with E-state index >= 15 is 0 Å². The molecule has 2 heterocycles. The van der Waals surface area contributed by atoms with Crippen molar-refractivity contribution in [2.24, 2.45) is 23.5 Å². The van der Waals surface area contributed by atoms with Gasteiger partial charge in [-0.05, 0) is 12.8 Å². The zero-order valence-electron chi connectivity index (χ0n) is 18.7. The maximum absolute atomic E-state index is 11.6. The van der Waals surface area contributed by atoms with Crippen molar-refractivity contribution in [2.75, 3.05) is 20.3 Å². The zero-order valence-corrected chi connectivity index (χ0v) is 18.7. The molecule has 31 heavy (non-hydrogen) atoms. The Balaban J connectivity index is 2.16. The van der Waals surface area contributed by atoms with E-state index < -0.39 is 61.1 Å². The number of aliphatic hydroxyl groups excluding tert-OH is 4. The fraction of sp³-hybridized carbons (Fsp3) is 0.950. The van der Waals surface area contributed by atoms with Crippen molar-refractivity contribution in [3.05, 3.63) is 0 Å². The van der Waals surface area contributed by atoms with Gasteiger partial charge in [-0.3, -0.25) is 4.79 Å². The van der Waals surface area contributed by atoms with Crippen LogP contribution in [0.15, 0.2) is 0 Å². The van der Waals surface area contributed by atoms with Gasteiger partial charge in [0.05, 0.1) is 49.8 Å². The minimum Gasteiger partial charge on any atom is -0.394 e. The number of rotatable bonds is 8. The third-order valence-electron chi connectivity index (χ3n) is 6.59. The van der Waals surface area contributed by atoms with E-state index in [-0.39, 0.29) is 31.0 Å². The number of nitrogens with two attached hydrogens (primary N) is 1. The highest BCUT2D eigenvalue weighted by molar-refractivity contribution is 5.73. The van der Waals surface area contributed by atoms with Crippen LogP contribution in [0.4, 0.5) is 0 Å². The van der Waals surface area contributed by atoms with Crippen LogP contribution in [0.3, 0.4) is 0 Å². The molecular weight excluding hydrogens is 412 g/mol. The molecule has 0 radical (unpaired) electrons.